The number of rotatable bonds is 6. The summed E-state index contributed by atoms with van der Waals surface area (Å²) in [6.45, 7) is 1.92. The molecule has 0 heterocycles. The van der Waals surface area contributed by atoms with Crippen LogP contribution in [0.2, 0.25) is 10.0 Å². The molecule has 1 aliphatic rings. The Hall–Kier alpha value is -2.24. The van der Waals surface area contributed by atoms with Crippen molar-refractivity contribution in [1.29, 1.82) is 0 Å². The van der Waals surface area contributed by atoms with E-state index in [0.717, 1.165) is 18.4 Å². The van der Waals surface area contributed by atoms with E-state index in [1.165, 1.54) is 0 Å². The van der Waals surface area contributed by atoms with Crippen molar-refractivity contribution in [2.24, 2.45) is 5.92 Å². The van der Waals surface area contributed by atoms with Crippen LogP contribution in [0.5, 0.6) is 0 Å². The van der Waals surface area contributed by atoms with E-state index in [4.69, 9.17) is 23.2 Å². The van der Waals surface area contributed by atoms with Crippen LogP contribution in [-0.2, 0) is 9.59 Å². The third-order valence-corrected chi connectivity index (χ3v) is 4.73. The van der Waals surface area contributed by atoms with Crippen LogP contribution < -0.4 is 16.0 Å². The van der Waals surface area contributed by atoms with Crippen LogP contribution in [0, 0.1) is 12.8 Å². The zero-order valence-electron chi connectivity index (χ0n) is 14.2. The number of nitrogens with one attached hydrogen (secondary N) is 3. The van der Waals surface area contributed by atoms with Gasteiger partial charge in [0.05, 0.1) is 17.3 Å². The minimum absolute atomic E-state index is 0.0376. The van der Waals surface area contributed by atoms with E-state index in [9.17, 15) is 9.59 Å². The molecule has 1 saturated carbocycles. The molecule has 26 heavy (non-hydrogen) atoms. The van der Waals surface area contributed by atoms with Crippen LogP contribution in [0.1, 0.15) is 18.4 Å². The van der Waals surface area contributed by atoms with Crippen molar-refractivity contribution < 1.29 is 9.59 Å². The summed E-state index contributed by atoms with van der Waals surface area (Å²) in [7, 11) is 0. The van der Waals surface area contributed by atoms with Crippen LogP contribution in [-0.4, -0.2) is 18.4 Å². The SMILES string of the molecule is Cc1c(NC(=O)CNc2ccc(Cl)cc2Cl)cccc1NC(=O)C1CC1. The molecule has 7 heteroatoms. The number of hydrogen-bond donors (Lipinski definition) is 3. The van der Waals surface area contributed by atoms with Crippen molar-refractivity contribution in [3.05, 3.63) is 52.0 Å². The van der Waals surface area contributed by atoms with Crippen molar-refractivity contribution >= 4 is 52.1 Å². The van der Waals surface area contributed by atoms with Crippen molar-refractivity contribution in [3.8, 4) is 0 Å². The van der Waals surface area contributed by atoms with Gasteiger partial charge in [-0.2, -0.15) is 0 Å². The molecule has 0 spiro atoms. The second-order valence-electron chi connectivity index (χ2n) is 6.27. The number of benzene rings is 2. The quantitative estimate of drug-likeness (QED) is 0.667. The van der Waals surface area contributed by atoms with Crippen LogP contribution in [0.3, 0.4) is 0 Å². The maximum Gasteiger partial charge on any atom is 0.243 e. The Morgan fingerprint density at radius 3 is 2.38 bits per heavy atom. The van der Waals surface area contributed by atoms with Gasteiger partial charge in [-0.1, -0.05) is 29.3 Å². The maximum absolute atomic E-state index is 12.2. The summed E-state index contributed by atoms with van der Waals surface area (Å²) in [6.07, 6.45) is 1.89. The van der Waals surface area contributed by atoms with Gasteiger partial charge in [-0.3, -0.25) is 9.59 Å². The minimum Gasteiger partial charge on any atom is -0.375 e. The lowest BCUT2D eigenvalue weighted by atomic mass is 10.1. The summed E-state index contributed by atoms with van der Waals surface area (Å²) in [4.78, 5) is 24.2. The number of hydrogen-bond acceptors (Lipinski definition) is 3. The fourth-order valence-electron chi connectivity index (χ4n) is 2.49. The summed E-state index contributed by atoms with van der Waals surface area (Å²) in [5.74, 6) is -0.0543. The molecular weight excluding hydrogens is 373 g/mol. The Labute approximate surface area is 162 Å². The minimum atomic E-state index is -0.218. The highest BCUT2D eigenvalue weighted by Crippen LogP contribution is 2.31. The van der Waals surface area contributed by atoms with Crippen LogP contribution in [0.15, 0.2) is 36.4 Å². The molecule has 136 valence electrons. The molecule has 1 aliphatic carbocycles. The molecule has 0 unspecified atom stereocenters. The fraction of sp³-hybridized carbons (Fsp3) is 0.263. The Bertz CT molecular complexity index is 851. The number of anilines is 3. The Morgan fingerprint density at radius 2 is 1.73 bits per heavy atom. The molecule has 3 N–H and O–H groups in total. The van der Waals surface area contributed by atoms with Crippen molar-refractivity contribution in [1.82, 2.24) is 0 Å². The monoisotopic (exact) mass is 391 g/mol. The van der Waals surface area contributed by atoms with Gasteiger partial charge in [-0.15, -0.1) is 0 Å². The summed E-state index contributed by atoms with van der Waals surface area (Å²) in [5, 5.41) is 9.73. The number of halogens is 2. The Morgan fingerprint density at radius 1 is 1.04 bits per heavy atom. The molecule has 0 radical (unpaired) electrons. The molecule has 0 aliphatic heterocycles. The molecule has 2 aromatic rings. The zero-order valence-corrected chi connectivity index (χ0v) is 15.7. The molecule has 2 amide bonds. The van der Waals surface area contributed by atoms with E-state index in [1.807, 2.05) is 13.0 Å². The third kappa shape index (κ3) is 4.68. The smallest absolute Gasteiger partial charge is 0.243 e. The molecule has 2 aromatic carbocycles. The largest absolute Gasteiger partial charge is 0.375 e. The highest BCUT2D eigenvalue weighted by atomic mass is 35.5. The summed E-state index contributed by atoms with van der Waals surface area (Å²) in [5.41, 5.74) is 2.83. The lowest BCUT2D eigenvalue weighted by Gasteiger charge is -2.14. The van der Waals surface area contributed by atoms with E-state index >= 15 is 0 Å². The molecule has 0 aromatic heterocycles. The maximum atomic E-state index is 12.2. The lowest BCUT2D eigenvalue weighted by molar-refractivity contribution is -0.117. The normalized spacial score (nSPS) is 13.2. The molecule has 0 bridgehead atoms. The topological polar surface area (TPSA) is 70.2 Å². The van der Waals surface area contributed by atoms with E-state index in [2.05, 4.69) is 16.0 Å². The number of amides is 2. The van der Waals surface area contributed by atoms with Gasteiger partial charge in [0.25, 0.3) is 0 Å². The van der Waals surface area contributed by atoms with E-state index in [0.29, 0.717) is 27.1 Å². The second-order valence-corrected chi connectivity index (χ2v) is 7.11. The molecule has 0 saturated heterocycles. The van der Waals surface area contributed by atoms with Gasteiger partial charge in [0.1, 0.15) is 0 Å². The van der Waals surface area contributed by atoms with Gasteiger partial charge in [0.15, 0.2) is 0 Å². The molecular formula is C19H19Cl2N3O2. The summed E-state index contributed by atoms with van der Waals surface area (Å²) < 4.78 is 0. The van der Waals surface area contributed by atoms with E-state index < -0.39 is 0 Å². The van der Waals surface area contributed by atoms with Crippen molar-refractivity contribution in [3.63, 3.8) is 0 Å². The van der Waals surface area contributed by atoms with E-state index in [-0.39, 0.29) is 24.3 Å². The number of carbonyl (C=O) groups excluding carboxylic acids is 2. The van der Waals surface area contributed by atoms with Crippen LogP contribution in [0.4, 0.5) is 17.1 Å². The standard InChI is InChI=1S/C19H19Cl2N3O2/c1-11-15(3-2-4-16(11)24-19(26)12-5-6-12)23-18(25)10-22-17-8-7-13(20)9-14(17)21/h2-4,7-9,12,22H,5-6,10H2,1H3,(H,23,25)(H,24,26). The van der Waals surface area contributed by atoms with Gasteiger partial charge in [-0.25, -0.2) is 0 Å². The van der Waals surface area contributed by atoms with Gasteiger partial charge in [-0.05, 0) is 55.7 Å². The van der Waals surface area contributed by atoms with Crippen LogP contribution >= 0.6 is 23.2 Å². The van der Waals surface area contributed by atoms with Gasteiger partial charge >= 0.3 is 0 Å². The highest BCUT2D eigenvalue weighted by Gasteiger charge is 2.29. The summed E-state index contributed by atoms with van der Waals surface area (Å²) in [6, 6.07) is 10.5. The first kappa shape index (κ1) is 18.5. The Kier molecular flexibility index (Phi) is 5.69. The number of carbonyl (C=O) groups is 2. The first-order valence-electron chi connectivity index (χ1n) is 8.33. The van der Waals surface area contributed by atoms with Gasteiger partial charge < -0.3 is 16.0 Å². The first-order chi connectivity index (χ1) is 12.4. The van der Waals surface area contributed by atoms with Gasteiger partial charge in [0.2, 0.25) is 11.8 Å². The predicted octanol–water partition coefficient (Wildman–Crippen LogP) is 4.70. The summed E-state index contributed by atoms with van der Waals surface area (Å²) >= 11 is 11.9. The zero-order chi connectivity index (χ0) is 18.7. The van der Waals surface area contributed by atoms with Gasteiger partial charge in [0, 0.05) is 22.3 Å². The van der Waals surface area contributed by atoms with E-state index in [1.54, 1.807) is 30.3 Å². The predicted molar refractivity (Wildman–Crippen MR) is 106 cm³/mol. The average molecular weight is 392 g/mol. The fourth-order valence-corrected chi connectivity index (χ4v) is 2.96. The molecule has 1 fully saturated rings. The molecule has 3 rings (SSSR count). The third-order valence-electron chi connectivity index (χ3n) is 4.18. The first-order valence-corrected chi connectivity index (χ1v) is 9.09. The average Bonchev–Trinajstić information content (AvgIpc) is 3.43. The van der Waals surface area contributed by atoms with Crippen molar-refractivity contribution in [2.45, 2.75) is 19.8 Å². The Balaban J connectivity index is 1.60. The van der Waals surface area contributed by atoms with Crippen molar-refractivity contribution in [2.75, 3.05) is 22.5 Å². The molecule has 5 nitrogen and oxygen atoms in total. The highest BCUT2D eigenvalue weighted by molar-refractivity contribution is 6.36. The van der Waals surface area contributed by atoms with Crippen LogP contribution in [0.25, 0.3) is 0 Å². The molecule has 0 atom stereocenters. The second kappa shape index (κ2) is 7.98. The lowest BCUT2D eigenvalue weighted by Crippen LogP contribution is -2.22.